The van der Waals surface area contributed by atoms with Gasteiger partial charge in [-0.15, -0.1) is 0 Å². The van der Waals surface area contributed by atoms with Crippen LogP contribution in [-0.2, 0) is 4.79 Å². The van der Waals surface area contributed by atoms with E-state index in [1.165, 1.54) is 6.42 Å². The monoisotopic (exact) mass is 212 g/mol. The molecular formula is C12H24N2O. The Morgan fingerprint density at radius 1 is 1.47 bits per heavy atom. The Kier molecular flexibility index (Phi) is 4.58. The predicted octanol–water partition coefficient (Wildman–Crippen LogP) is 1.49. The quantitative estimate of drug-likeness (QED) is 0.768. The lowest BCUT2D eigenvalue weighted by Gasteiger charge is -2.38. The van der Waals surface area contributed by atoms with Crippen LogP contribution in [-0.4, -0.2) is 37.0 Å². The topological polar surface area (TPSA) is 32.3 Å². The molecule has 1 heterocycles. The summed E-state index contributed by atoms with van der Waals surface area (Å²) in [6, 6.07) is 0.424. The van der Waals surface area contributed by atoms with Gasteiger partial charge in [0.15, 0.2) is 0 Å². The van der Waals surface area contributed by atoms with Gasteiger partial charge in [0.25, 0.3) is 0 Å². The van der Waals surface area contributed by atoms with Gasteiger partial charge >= 0.3 is 0 Å². The summed E-state index contributed by atoms with van der Waals surface area (Å²) in [4.78, 5) is 14.2. The largest absolute Gasteiger partial charge is 0.339 e. The van der Waals surface area contributed by atoms with E-state index in [1.807, 2.05) is 14.0 Å². The minimum Gasteiger partial charge on any atom is -0.339 e. The summed E-state index contributed by atoms with van der Waals surface area (Å²) in [6.45, 7) is 8.11. The third-order valence-electron chi connectivity index (χ3n) is 3.33. The highest BCUT2D eigenvalue weighted by atomic mass is 16.2. The van der Waals surface area contributed by atoms with Crippen molar-refractivity contribution in [2.45, 2.75) is 39.7 Å². The fourth-order valence-electron chi connectivity index (χ4n) is 2.27. The van der Waals surface area contributed by atoms with Crippen molar-refractivity contribution < 1.29 is 4.79 Å². The van der Waals surface area contributed by atoms with Crippen LogP contribution in [0.2, 0.25) is 0 Å². The predicted molar refractivity (Wildman–Crippen MR) is 62.7 cm³/mol. The highest BCUT2D eigenvalue weighted by Gasteiger charge is 2.29. The normalized spacial score (nSPS) is 28.9. The average molecular weight is 212 g/mol. The van der Waals surface area contributed by atoms with Crippen molar-refractivity contribution in [2.24, 2.45) is 11.8 Å². The van der Waals surface area contributed by atoms with Crippen LogP contribution in [0.1, 0.15) is 33.6 Å². The number of nitrogens with one attached hydrogen (secondary N) is 1. The zero-order valence-corrected chi connectivity index (χ0v) is 10.4. The maximum absolute atomic E-state index is 12.1. The van der Waals surface area contributed by atoms with E-state index in [2.05, 4.69) is 24.1 Å². The number of nitrogens with zero attached hydrogens (tertiary/aromatic N) is 1. The molecule has 88 valence electrons. The minimum atomic E-state index is 0.0998. The van der Waals surface area contributed by atoms with Crippen molar-refractivity contribution >= 4 is 5.91 Å². The molecular weight excluding hydrogens is 188 g/mol. The molecule has 0 bridgehead atoms. The maximum atomic E-state index is 12.1. The lowest BCUT2D eigenvalue weighted by molar-refractivity contribution is -0.139. The third kappa shape index (κ3) is 3.20. The van der Waals surface area contributed by atoms with Crippen LogP contribution in [0.4, 0.5) is 0 Å². The highest BCUT2D eigenvalue weighted by Crippen LogP contribution is 2.22. The van der Waals surface area contributed by atoms with Crippen molar-refractivity contribution in [3.05, 3.63) is 0 Å². The molecule has 1 rings (SSSR count). The zero-order valence-electron chi connectivity index (χ0n) is 10.4. The first-order chi connectivity index (χ1) is 7.06. The summed E-state index contributed by atoms with van der Waals surface area (Å²) >= 11 is 0. The number of likely N-dealkylation sites (tertiary alicyclic amines) is 1. The van der Waals surface area contributed by atoms with Gasteiger partial charge in [-0.3, -0.25) is 4.79 Å². The van der Waals surface area contributed by atoms with E-state index in [-0.39, 0.29) is 5.92 Å². The van der Waals surface area contributed by atoms with Crippen LogP contribution >= 0.6 is 0 Å². The van der Waals surface area contributed by atoms with E-state index < -0.39 is 0 Å². The molecule has 1 fully saturated rings. The summed E-state index contributed by atoms with van der Waals surface area (Å²) in [5.74, 6) is 1.07. The molecule has 0 aromatic carbocycles. The van der Waals surface area contributed by atoms with Crippen molar-refractivity contribution in [2.75, 3.05) is 20.1 Å². The number of amides is 1. The van der Waals surface area contributed by atoms with E-state index in [9.17, 15) is 4.79 Å². The summed E-state index contributed by atoms with van der Waals surface area (Å²) in [5.41, 5.74) is 0. The van der Waals surface area contributed by atoms with Gasteiger partial charge in [0.1, 0.15) is 0 Å². The molecule has 0 aromatic rings. The van der Waals surface area contributed by atoms with Crippen molar-refractivity contribution in [1.29, 1.82) is 0 Å². The van der Waals surface area contributed by atoms with E-state index in [0.717, 1.165) is 19.5 Å². The molecule has 1 aliphatic rings. The van der Waals surface area contributed by atoms with Gasteiger partial charge in [-0.25, -0.2) is 0 Å². The van der Waals surface area contributed by atoms with Crippen LogP contribution in [0.5, 0.6) is 0 Å². The molecule has 0 spiro atoms. The Hall–Kier alpha value is -0.570. The highest BCUT2D eigenvalue weighted by molar-refractivity contribution is 5.79. The molecule has 1 aliphatic heterocycles. The Labute approximate surface area is 93.2 Å². The number of hydrogen-bond donors (Lipinski definition) is 1. The van der Waals surface area contributed by atoms with Gasteiger partial charge in [-0.05, 0) is 32.7 Å². The van der Waals surface area contributed by atoms with Crippen LogP contribution < -0.4 is 5.32 Å². The van der Waals surface area contributed by atoms with Crippen molar-refractivity contribution in [3.63, 3.8) is 0 Å². The lowest BCUT2D eigenvalue weighted by Crippen LogP contribution is -2.48. The summed E-state index contributed by atoms with van der Waals surface area (Å²) in [6.07, 6.45) is 2.41. The van der Waals surface area contributed by atoms with Crippen LogP contribution in [0.3, 0.4) is 0 Å². The third-order valence-corrected chi connectivity index (χ3v) is 3.33. The van der Waals surface area contributed by atoms with Crippen molar-refractivity contribution in [1.82, 2.24) is 10.2 Å². The second kappa shape index (κ2) is 5.50. The van der Waals surface area contributed by atoms with Gasteiger partial charge in [-0.1, -0.05) is 13.8 Å². The molecule has 0 radical (unpaired) electrons. The summed E-state index contributed by atoms with van der Waals surface area (Å²) < 4.78 is 0. The molecule has 1 amide bonds. The first kappa shape index (κ1) is 12.5. The van der Waals surface area contributed by atoms with Gasteiger partial charge in [0, 0.05) is 25.0 Å². The van der Waals surface area contributed by atoms with Crippen molar-refractivity contribution in [3.8, 4) is 0 Å². The maximum Gasteiger partial charge on any atom is 0.226 e. The molecule has 3 atom stereocenters. The Morgan fingerprint density at radius 3 is 2.73 bits per heavy atom. The summed E-state index contributed by atoms with van der Waals surface area (Å²) in [5, 5.41) is 3.07. The van der Waals surface area contributed by atoms with E-state index in [4.69, 9.17) is 0 Å². The molecule has 3 nitrogen and oxygen atoms in total. The molecule has 3 unspecified atom stereocenters. The minimum absolute atomic E-state index is 0.0998. The fraction of sp³-hybridized carbons (Fsp3) is 0.917. The zero-order chi connectivity index (χ0) is 11.4. The van der Waals surface area contributed by atoms with Crippen LogP contribution in [0.15, 0.2) is 0 Å². The van der Waals surface area contributed by atoms with E-state index in [1.54, 1.807) is 0 Å². The molecule has 1 N–H and O–H groups in total. The number of rotatable bonds is 3. The van der Waals surface area contributed by atoms with E-state index in [0.29, 0.717) is 17.9 Å². The fourth-order valence-corrected chi connectivity index (χ4v) is 2.27. The number of piperidine rings is 1. The molecule has 15 heavy (non-hydrogen) atoms. The van der Waals surface area contributed by atoms with Crippen LogP contribution in [0, 0.1) is 11.8 Å². The molecule has 3 heteroatoms. The number of hydrogen-bond acceptors (Lipinski definition) is 2. The first-order valence-corrected chi connectivity index (χ1v) is 6.01. The molecule has 0 aliphatic carbocycles. The van der Waals surface area contributed by atoms with Crippen LogP contribution in [0.25, 0.3) is 0 Å². The average Bonchev–Trinajstić information content (AvgIpc) is 2.21. The Morgan fingerprint density at radius 2 is 2.13 bits per heavy atom. The van der Waals surface area contributed by atoms with Gasteiger partial charge in [0.2, 0.25) is 5.91 Å². The second-order valence-corrected chi connectivity index (χ2v) is 4.98. The molecule has 0 aromatic heterocycles. The number of carbonyl (C=O) groups is 1. The lowest BCUT2D eigenvalue weighted by atomic mass is 9.93. The van der Waals surface area contributed by atoms with Gasteiger partial charge in [-0.2, -0.15) is 0 Å². The molecule has 0 saturated carbocycles. The van der Waals surface area contributed by atoms with E-state index >= 15 is 0 Å². The summed E-state index contributed by atoms with van der Waals surface area (Å²) in [7, 11) is 1.89. The Bertz CT molecular complexity index is 218. The standard InChI is InChI=1S/C12H24N2O/c1-9-5-6-11(3)14(8-9)12(15)10(2)7-13-4/h9-11,13H,5-8H2,1-4H3. The first-order valence-electron chi connectivity index (χ1n) is 6.01. The van der Waals surface area contributed by atoms with Gasteiger partial charge in [0.05, 0.1) is 0 Å². The SMILES string of the molecule is CNCC(C)C(=O)N1CC(C)CCC1C. The van der Waals surface area contributed by atoms with Gasteiger partial charge < -0.3 is 10.2 Å². The smallest absolute Gasteiger partial charge is 0.226 e. The molecule has 1 saturated heterocycles. The second-order valence-electron chi connectivity index (χ2n) is 4.98. The number of carbonyl (C=O) groups excluding carboxylic acids is 1. The Balaban J connectivity index is 2.56.